The van der Waals surface area contributed by atoms with Crippen LogP contribution in [-0.4, -0.2) is 18.5 Å². The monoisotopic (exact) mass is 309 g/mol. The zero-order valence-corrected chi connectivity index (χ0v) is 13.0. The van der Waals surface area contributed by atoms with E-state index in [4.69, 9.17) is 0 Å². The van der Waals surface area contributed by atoms with Crippen molar-refractivity contribution in [2.75, 3.05) is 16.8 Å². The first-order valence-electron chi connectivity index (χ1n) is 7.63. The minimum atomic E-state index is -0.263. The van der Waals surface area contributed by atoms with Gasteiger partial charge in [-0.2, -0.15) is 0 Å². The van der Waals surface area contributed by atoms with Gasteiger partial charge in [-0.05, 0) is 29.7 Å². The fraction of sp³-hybridized carbons (Fsp3) is 0.222. The van der Waals surface area contributed by atoms with E-state index in [0.29, 0.717) is 18.8 Å². The van der Waals surface area contributed by atoms with Gasteiger partial charge in [-0.3, -0.25) is 4.79 Å². The summed E-state index contributed by atoms with van der Waals surface area (Å²) in [5, 5.41) is 5.63. The van der Waals surface area contributed by atoms with Gasteiger partial charge in [0.15, 0.2) is 0 Å². The molecule has 0 spiro atoms. The number of nitrogens with one attached hydrogen (secondary N) is 2. The van der Waals surface area contributed by atoms with Crippen molar-refractivity contribution in [2.45, 2.75) is 19.9 Å². The van der Waals surface area contributed by atoms with Crippen molar-refractivity contribution >= 4 is 23.3 Å². The summed E-state index contributed by atoms with van der Waals surface area (Å²) < 4.78 is 0. The minimum Gasteiger partial charge on any atom is -0.334 e. The Hall–Kier alpha value is -2.82. The van der Waals surface area contributed by atoms with Crippen molar-refractivity contribution < 1.29 is 9.59 Å². The third-order valence-electron chi connectivity index (χ3n) is 3.91. The van der Waals surface area contributed by atoms with Crippen LogP contribution in [-0.2, 0) is 17.8 Å². The molecule has 0 radical (unpaired) electrons. The number of fused-ring (bicyclic) bond motifs is 1. The highest BCUT2D eigenvalue weighted by Crippen LogP contribution is 2.30. The lowest BCUT2D eigenvalue weighted by Crippen LogP contribution is -2.28. The number of anilines is 2. The van der Waals surface area contributed by atoms with Crippen molar-refractivity contribution in [3.8, 4) is 0 Å². The van der Waals surface area contributed by atoms with E-state index in [1.807, 2.05) is 48.5 Å². The van der Waals surface area contributed by atoms with E-state index in [-0.39, 0.29) is 11.9 Å². The predicted molar refractivity (Wildman–Crippen MR) is 90.5 cm³/mol. The number of nitrogens with zero attached hydrogens (tertiary/aromatic N) is 1. The summed E-state index contributed by atoms with van der Waals surface area (Å²) in [5.41, 5.74) is 3.75. The van der Waals surface area contributed by atoms with Gasteiger partial charge >= 0.3 is 6.03 Å². The highest BCUT2D eigenvalue weighted by atomic mass is 16.2. The van der Waals surface area contributed by atoms with Crippen molar-refractivity contribution in [1.82, 2.24) is 5.32 Å². The zero-order valence-electron chi connectivity index (χ0n) is 13.0. The average Bonchev–Trinajstić information content (AvgIpc) is 2.97. The van der Waals surface area contributed by atoms with Crippen LogP contribution in [0.1, 0.15) is 18.1 Å². The van der Waals surface area contributed by atoms with Crippen molar-refractivity contribution in [3.05, 3.63) is 59.7 Å². The molecule has 3 amide bonds. The zero-order chi connectivity index (χ0) is 16.2. The third-order valence-corrected chi connectivity index (χ3v) is 3.91. The van der Waals surface area contributed by atoms with Crippen LogP contribution in [0.5, 0.6) is 0 Å². The molecule has 118 valence electrons. The quantitative estimate of drug-likeness (QED) is 0.916. The van der Waals surface area contributed by atoms with Gasteiger partial charge in [0, 0.05) is 31.4 Å². The number of hydrogen-bond donors (Lipinski definition) is 2. The Labute approximate surface area is 135 Å². The Kier molecular flexibility index (Phi) is 4.28. The molecule has 5 heteroatoms. The van der Waals surface area contributed by atoms with Crippen LogP contribution in [0.15, 0.2) is 48.5 Å². The fourth-order valence-corrected chi connectivity index (χ4v) is 2.74. The van der Waals surface area contributed by atoms with E-state index < -0.39 is 0 Å². The Morgan fingerprint density at radius 1 is 1.13 bits per heavy atom. The molecule has 3 rings (SSSR count). The van der Waals surface area contributed by atoms with Gasteiger partial charge in [0.05, 0.1) is 0 Å². The van der Waals surface area contributed by atoms with E-state index in [0.717, 1.165) is 23.2 Å². The molecule has 0 atom stereocenters. The summed E-state index contributed by atoms with van der Waals surface area (Å²) in [6.07, 6.45) is 0.857. The molecule has 5 nitrogen and oxygen atoms in total. The molecule has 0 bridgehead atoms. The number of carbonyl (C=O) groups is 2. The molecule has 2 N–H and O–H groups in total. The van der Waals surface area contributed by atoms with Gasteiger partial charge in [-0.25, -0.2) is 4.79 Å². The average molecular weight is 309 g/mol. The summed E-state index contributed by atoms with van der Waals surface area (Å²) in [7, 11) is 0. The maximum absolute atomic E-state index is 12.0. The van der Waals surface area contributed by atoms with Crippen LogP contribution < -0.4 is 15.5 Å². The first kappa shape index (κ1) is 15.1. The van der Waals surface area contributed by atoms with Crippen LogP contribution >= 0.6 is 0 Å². The SMILES string of the molecule is CC(=O)N1CCc2ccc(NC(=O)NCc3ccccc3)cc21. The summed E-state index contributed by atoms with van der Waals surface area (Å²) in [6.45, 7) is 2.73. The Morgan fingerprint density at radius 3 is 2.65 bits per heavy atom. The molecule has 0 unspecified atom stereocenters. The van der Waals surface area contributed by atoms with Gasteiger partial charge in [0.2, 0.25) is 5.91 Å². The molecule has 2 aromatic carbocycles. The predicted octanol–water partition coefficient (Wildman–Crippen LogP) is 2.92. The molecule has 1 aliphatic heterocycles. The maximum Gasteiger partial charge on any atom is 0.319 e. The van der Waals surface area contributed by atoms with E-state index >= 15 is 0 Å². The molecule has 0 saturated carbocycles. The Balaban J connectivity index is 1.63. The van der Waals surface area contributed by atoms with Gasteiger partial charge < -0.3 is 15.5 Å². The number of rotatable bonds is 3. The van der Waals surface area contributed by atoms with Gasteiger partial charge in [0.25, 0.3) is 0 Å². The smallest absolute Gasteiger partial charge is 0.319 e. The van der Waals surface area contributed by atoms with Crippen LogP contribution in [0.25, 0.3) is 0 Å². The Morgan fingerprint density at radius 2 is 1.91 bits per heavy atom. The normalized spacial score (nSPS) is 12.7. The van der Waals surface area contributed by atoms with Crippen LogP contribution in [0, 0.1) is 0 Å². The highest BCUT2D eigenvalue weighted by Gasteiger charge is 2.22. The summed E-state index contributed by atoms with van der Waals surface area (Å²) in [4.78, 5) is 25.4. The lowest BCUT2D eigenvalue weighted by Gasteiger charge is -2.16. The number of carbonyl (C=O) groups excluding carboxylic acids is 2. The second kappa shape index (κ2) is 6.52. The molecule has 23 heavy (non-hydrogen) atoms. The van der Waals surface area contributed by atoms with E-state index in [1.54, 1.807) is 11.8 Å². The summed E-state index contributed by atoms with van der Waals surface area (Å²) >= 11 is 0. The Bertz CT molecular complexity index is 728. The first-order chi connectivity index (χ1) is 11.1. The van der Waals surface area contributed by atoms with Crippen LogP contribution in [0.3, 0.4) is 0 Å². The standard InChI is InChI=1S/C18H19N3O2/c1-13(22)21-10-9-15-7-8-16(11-17(15)21)20-18(23)19-12-14-5-3-2-4-6-14/h2-8,11H,9-10,12H2,1H3,(H2,19,20,23). The molecular formula is C18H19N3O2. The van der Waals surface area contributed by atoms with E-state index in [2.05, 4.69) is 10.6 Å². The van der Waals surface area contributed by atoms with E-state index in [9.17, 15) is 9.59 Å². The van der Waals surface area contributed by atoms with Gasteiger partial charge in [-0.1, -0.05) is 36.4 Å². The molecule has 2 aromatic rings. The van der Waals surface area contributed by atoms with Crippen molar-refractivity contribution in [3.63, 3.8) is 0 Å². The second-order valence-corrected chi connectivity index (χ2v) is 5.56. The van der Waals surface area contributed by atoms with Crippen LogP contribution in [0.4, 0.5) is 16.2 Å². The topological polar surface area (TPSA) is 61.4 Å². The van der Waals surface area contributed by atoms with Crippen LogP contribution in [0.2, 0.25) is 0 Å². The summed E-state index contributed by atoms with van der Waals surface area (Å²) in [6, 6.07) is 15.1. The van der Waals surface area contributed by atoms with Crippen molar-refractivity contribution in [2.24, 2.45) is 0 Å². The number of benzene rings is 2. The third kappa shape index (κ3) is 3.51. The molecule has 1 heterocycles. The molecule has 0 aromatic heterocycles. The maximum atomic E-state index is 12.0. The number of urea groups is 1. The second-order valence-electron chi connectivity index (χ2n) is 5.56. The summed E-state index contributed by atoms with van der Waals surface area (Å²) in [5.74, 6) is 0.0226. The van der Waals surface area contributed by atoms with Gasteiger partial charge in [0.1, 0.15) is 0 Å². The molecule has 1 aliphatic rings. The highest BCUT2D eigenvalue weighted by molar-refractivity contribution is 5.96. The fourth-order valence-electron chi connectivity index (χ4n) is 2.74. The molecular weight excluding hydrogens is 290 g/mol. The minimum absolute atomic E-state index is 0.0226. The van der Waals surface area contributed by atoms with E-state index in [1.165, 1.54) is 0 Å². The van der Waals surface area contributed by atoms with Crippen molar-refractivity contribution in [1.29, 1.82) is 0 Å². The first-order valence-corrected chi connectivity index (χ1v) is 7.63. The largest absolute Gasteiger partial charge is 0.334 e. The molecule has 0 saturated heterocycles. The number of amides is 3. The lowest BCUT2D eigenvalue weighted by molar-refractivity contribution is -0.116. The van der Waals surface area contributed by atoms with Gasteiger partial charge in [-0.15, -0.1) is 0 Å². The molecule has 0 fully saturated rings. The lowest BCUT2D eigenvalue weighted by atomic mass is 10.1. The number of hydrogen-bond acceptors (Lipinski definition) is 2. The molecule has 0 aliphatic carbocycles.